The van der Waals surface area contributed by atoms with Gasteiger partial charge >= 0.3 is 0 Å². The standard InChI is InChI=1S/C12H15N3O2/c1-15-12(13-8-14-15)7-10(16)9-5-3-4-6-11(9)17-2/h3-6,8,10,16H,7H2,1-2H3. The van der Waals surface area contributed by atoms with Crippen LogP contribution in [0.4, 0.5) is 0 Å². The van der Waals surface area contributed by atoms with E-state index >= 15 is 0 Å². The molecule has 1 aromatic heterocycles. The monoisotopic (exact) mass is 233 g/mol. The first kappa shape index (κ1) is 11.6. The van der Waals surface area contributed by atoms with Crippen molar-refractivity contribution in [1.29, 1.82) is 0 Å². The van der Waals surface area contributed by atoms with Crippen molar-refractivity contribution in [3.05, 3.63) is 42.0 Å². The number of hydrogen-bond donors (Lipinski definition) is 1. The Morgan fingerprint density at radius 2 is 2.18 bits per heavy atom. The second-order valence-electron chi connectivity index (χ2n) is 3.76. The molecule has 1 atom stereocenters. The Hall–Kier alpha value is -1.88. The van der Waals surface area contributed by atoms with Gasteiger partial charge < -0.3 is 9.84 Å². The largest absolute Gasteiger partial charge is 0.496 e. The maximum Gasteiger partial charge on any atom is 0.138 e. The summed E-state index contributed by atoms with van der Waals surface area (Å²) < 4.78 is 6.86. The lowest BCUT2D eigenvalue weighted by Gasteiger charge is -2.13. The number of rotatable bonds is 4. The van der Waals surface area contributed by atoms with E-state index in [9.17, 15) is 5.11 Å². The lowest BCUT2D eigenvalue weighted by Crippen LogP contribution is -2.08. The van der Waals surface area contributed by atoms with Gasteiger partial charge in [0.15, 0.2) is 0 Å². The Morgan fingerprint density at radius 3 is 2.82 bits per heavy atom. The number of aliphatic hydroxyl groups excluding tert-OH is 1. The molecule has 0 bridgehead atoms. The number of benzene rings is 1. The molecule has 0 saturated carbocycles. The highest BCUT2D eigenvalue weighted by Gasteiger charge is 2.15. The molecule has 0 amide bonds. The van der Waals surface area contributed by atoms with Crippen LogP contribution in [-0.4, -0.2) is 27.0 Å². The minimum absolute atomic E-state index is 0.414. The van der Waals surface area contributed by atoms with Gasteiger partial charge in [-0.15, -0.1) is 0 Å². The van der Waals surface area contributed by atoms with Crippen molar-refractivity contribution < 1.29 is 9.84 Å². The van der Waals surface area contributed by atoms with E-state index in [1.807, 2.05) is 24.3 Å². The summed E-state index contributed by atoms with van der Waals surface area (Å²) in [7, 11) is 3.39. The van der Waals surface area contributed by atoms with Gasteiger partial charge in [-0.25, -0.2) is 4.98 Å². The predicted molar refractivity (Wildman–Crippen MR) is 62.7 cm³/mol. The van der Waals surface area contributed by atoms with Crippen LogP contribution in [0.3, 0.4) is 0 Å². The summed E-state index contributed by atoms with van der Waals surface area (Å²) in [6.45, 7) is 0. The molecule has 0 fully saturated rings. The number of aryl methyl sites for hydroxylation is 1. The van der Waals surface area contributed by atoms with Gasteiger partial charge in [-0.2, -0.15) is 5.10 Å². The first-order valence-electron chi connectivity index (χ1n) is 5.36. The molecule has 0 aliphatic carbocycles. The first-order valence-corrected chi connectivity index (χ1v) is 5.36. The summed E-state index contributed by atoms with van der Waals surface area (Å²) >= 11 is 0. The number of aromatic nitrogens is 3. The van der Waals surface area contributed by atoms with Crippen molar-refractivity contribution in [2.45, 2.75) is 12.5 Å². The van der Waals surface area contributed by atoms with Crippen LogP contribution in [0.15, 0.2) is 30.6 Å². The molecule has 0 aliphatic rings. The highest BCUT2D eigenvalue weighted by Crippen LogP contribution is 2.26. The van der Waals surface area contributed by atoms with Crippen molar-refractivity contribution in [2.75, 3.05) is 7.11 Å². The second kappa shape index (κ2) is 4.97. The molecule has 5 nitrogen and oxygen atoms in total. The van der Waals surface area contributed by atoms with Gasteiger partial charge in [-0.3, -0.25) is 4.68 Å². The van der Waals surface area contributed by atoms with Gasteiger partial charge in [-0.1, -0.05) is 18.2 Å². The average molecular weight is 233 g/mol. The van der Waals surface area contributed by atoms with Crippen LogP contribution in [-0.2, 0) is 13.5 Å². The Balaban J connectivity index is 2.20. The van der Waals surface area contributed by atoms with Gasteiger partial charge in [0.05, 0.1) is 13.2 Å². The van der Waals surface area contributed by atoms with Gasteiger partial charge in [0.25, 0.3) is 0 Å². The fourth-order valence-corrected chi connectivity index (χ4v) is 1.73. The molecule has 1 aromatic carbocycles. The third kappa shape index (κ3) is 2.45. The second-order valence-corrected chi connectivity index (χ2v) is 3.76. The molecular formula is C12H15N3O2. The van der Waals surface area contributed by atoms with E-state index < -0.39 is 6.10 Å². The molecule has 1 N–H and O–H groups in total. The maximum atomic E-state index is 10.2. The van der Waals surface area contributed by atoms with Crippen LogP contribution in [0.25, 0.3) is 0 Å². The van der Waals surface area contributed by atoms with E-state index in [-0.39, 0.29) is 0 Å². The fraction of sp³-hybridized carbons (Fsp3) is 0.333. The molecule has 0 radical (unpaired) electrons. The van der Waals surface area contributed by atoms with Crippen molar-refractivity contribution in [3.8, 4) is 5.75 Å². The summed E-state index contributed by atoms with van der Waals surface area (Å²) in [5.74, 6) is 1.42. The number of hydrogen-bond acceptors (Lipinski definition) is 4. The zero-order valence-electron chi connectivity index (χ0n) is 9.87. The van der Waals surface area contributed by atoms with E-state index in [0.717, 1.165) is 11.4 Å². The SMILES string of the molecule is COc1ccccc1C(O)Cc1ncnn1C. The Bertz CT molecular complexity index is 496. The lowest BCUT2D eigenvalue weighted by molar-refractivity contribution is 0.170. The first-order chi connectivity index (χ1) is 8.22. The quantitative estimate of drug-likeness (QED) is 0.859. The summed E-state index contributed by atoms with van der Waals surface area (Å²) in [5, 5.41) is 14.1. The average Bonchev–Trinajstić information content (AvgIpc) is 2.75. The maximum absolute atomic E-state index is 10.2. The number of para-hydroxylation sites is 1. The van der Waals surface area contributed by atoms with Gasteiger partial charge in [0.1, 0.15) is 17.9 Å². The minimum Gasteiger partial charge on any atom is -0.496 e. The van der Waals surface area contributed by atoms with E-state index in [2.05, 4.69) is 10.1 Å². The number of aliphatic hydroxyl groups is 1. The van der Waals surface area contributed by atoms with Crippen LogP contribution in [0, 0.1) is 0 Å². The van der Waals surface area contributed by atoms with Gasteiger partial charge in [-0.05, 0) is 6.07 Å². The molecule has 2 aromatic rings. The summed E-state index contributed by atoms with van der Waals surface area (Å²) in [4.78, 5) is 4.09. The normalized spacial score (nSPS) is 12.4. The van der Waals surface area contributed by atoms with E-state index in [1.165, 1.54) is 6.33 Å². The fourth-order valence-electron chi connectivity index (χ4n) is 1.73. The molecular weight excluding hydrogens is 218 g/mol. The smallest absolute Gasteiger partial charge is 0.138 e. The molecule has 0 saturated heterocycles. The minimum atomic E-state index is -0.644. The molecule has 2 rings (SSSR count). The van der Waals surface area contributed by atoms with Crippen LogP contribution in [0.1, 0.15) is 17.5 Å². The Labute approximate surface area is 99.7 Å². The molecule has 1 unspecified atom stereocenters. The van der Waals surface area contributed by atoms with Crippen molar-refractivity contribution in [2.24, 2.45) is 7.05 Å². The van der Waals surface area contributed by atoms with Gasteiger partial charge in [0, 0.05) is 19.0 Å². The van der Waals surface area contributed by atoms with Gasteiger partial charge in [0.2, 0.25) is 0 Å². The van der Waals surface area contributed by atoms with E-state index in [4.69, 9.17) is 4.74 Å². The summed E-state index contributed by atoms with van der Waals surface area (Å²) in [6, 6.07) is 7.42. The predicted octanol–water partition coefficient (Wildman–Crippen LogP) is 1.10. The third-order valence-electron chi connectivity index (χ3n) is 2.68. The summed E-state index contributed by atoms with van der Waals surface area (Å²) in [5.41, 5.74) is 0.762. The van der Waals surface area contributed by atoms with E-state index in [0.29, 0.717) is 12.2 Å². The van der Waals surface area contributed by atoms with Crippen LogP contribution in [0.2, 0.25) is 0 Å². The lowest BCUT2D eigenvalue weighted by atomic mass is 10.1. The van der Waals surface area contributed by atoms with Crippen LogP contribution >= 0.6 is 0 Å². The molecule has 0 aliphatic heterocycles. The Morgan fingerprint density at radius 1 is 1.41 bits per heavy atom. The van der Waals surface area contributed by atoms with Crippen LogP contribution < -0.4 is 4.74 Å². The molecule has 1 heterocycles. The molecule has 90 valence electrons. The molecule has 17 heavy (non-hydrogen) atoms. The highest BCUT2D eigenvalue weighted by atomic mass is 16.5. The summed E-state index contributed by atoms with van der Waals surface area (Å²) in [6.07, 6.45) is 1.25. The third-order valence-corrected chi connectivity index (χ3v) is 2.68. The molecule has 5 heteroatoms. The number of nitrogens with zero attached hydrogens (tertiary/aromatic N) is 3. The molecule has 0 spiro atoms. The van der Waals surface area contributed by atoms with E-state index in [1.54, 1.807) is 18.8 Å². The zero-order chi connectivity index (χ0) is 12.3. The van der Waals surface area contributed by atoms with Crippen LogP contribution in [0.5, 0.6) is 5.75 Å². The van der Waals surface area contributed by atoms with Crippen molar-refractivity contribution in [1.82, 2.24) is 14.8 Å². The number of methoxy groups -OCH3 is 1. The number of ether oxygens (including phenoxy) is 1. The van der Waals surface area contributed by atoms with Crippen molar-refractivity contribution >= 4 is 0 Å². The Kier molecular flexibility index (Phi) is 3.39. The zero-order valence-corrected chi connectivity index (χ0v) is 9.87. The topological polar surface area (TPSA) is 60.2 Å². The highest BCUT2D eigenvalue weighted by molar-refractivity contribution is 5.35. The van der Waals surface area contributed by atoms with Crippen molar-refractivity contribution in [3.63, 3.8) is 0 Å².